The molecule has 0 aromatic rings. The Morgan fingerprint density at radius 1 is 1.64 bits per heavy atom. The van der Waals surface area contributed by atoms with Crippen molar-refractivity contribution >= 4 is 0 Å². The molecule has 0 aliphatic carbocycles. The molecule has 0 aromatic carbocycles. The molecule has 1 saturated heterocycles. The Labute approximate surface area is 86.4 Å². The van der Waals surface area contributed by atoms with E-state index in [0.717, 1.165) is 13.0 Å². The van der Waals surface area contributed by atoms with Crippen LogP contribution in [0.5, 0.6) is 0 Å². The normalized spacial score (nSPS) is 32.9. The molecule has 0 saturated carbocycles. The van der Waals surface area contributed by atoms with Crippen LogP contribution in [-0.2, 0) is 4.74 Å². The van der Waals surface area contributed by atoms with E-state index < -0.39 is 0 Å². The molecule has 0 bridgehead atoms. The van der Waals surface area contributed by atoms with Gasteiger partial charge in [-0.3, -0.25) is 0 Å². The molecule has 80 valence electrons. The van der Waals surface area contributed by atoms with Gasteiger partial charge in [-0.1, -0.05) is 0 Å². The Bertz CT molecular complexity index is 244. The molecule has 3 nitrogen and oxygen atoms in total. The first kappa shape index (κ1) is 11.5. The number of hydrogen-bond donors (Lipinski definition) is 1. The minimum Gasteiger partial charge on any atom is -0.377 e. The van der Waals surface area contributed by atoms with E-state index in [0.29, 0.717) is 6.54 Å². The van der Waals surface area contributed by atoms with Crippen molar-refractivity contribution < 1.29 is 4.74 Å². The molecule has 0 amide bonds. The van der Waals surface area contributed by atoms with Crippen LogP contribution in [0.4, 0.5) is 0 Å². The Morgan fingerprint density at radius 3 is 2.71 bits per heavy atom. The van der Waals surface area contributed by atoms with E-state index in [1.165, 1.54) is 0 Å². The van der Waals surface area contributed by atoms with Crippen molar-refractivity contribution in [2.45, 2.75) is 45.8 Å². The van der Waals surface area contributed by atoms with Gasteiger partial charge in [0.2, 0.25) is 0 Å². The first-order chi connectivity index (χ1) is 6.40. The quantitative estimate of drug-likeness (QED) is 0.747. The molecule has 2 unspecified atom stereocenters. The lowest BCUT2D eigenvalue weighted by Gasteiger charge is -2.31. The van der Waals surface area contributed by atoms with Crippen molar-refractivity contribution in [3.63, 3.8) is 0 Å². The summed E-state index contributed by atoms with van der Waals surface area (Å²) >= 11 is 0. The fourth-order valence-electron chi connectivity index (χ4n) is 1.53. The van der Waals surface area contributed by atoms with E-state index in [4.69, 9.17) is 10.00 Å². The van der Waals surface area contributed by atoms with E-state index in [1.54, 1.807) is 0 Å². The van der Waals surface area contributed by atoms with Crippen molar-refractivity contribution in [2.75, 3.05) is 13.2 Å². The third-order valence-corrected chi connectivity index (χ3v) is 3.12. The molecular weight excluding hydrogens is 176 g/mol. The van der Waals surface area contributed by atoms with E-state index in [1.807, 2.05) is 13.8 Å². The average molecular weight is 196 g/mol. The van der Waals surface area contributed by atoms with Crippen molar-refractivity contribution in [1.29, 1.82) is 5.26 Å². The van der Waals surface area contributed by atoms with Crippen LogP contribution < -0.4 is 5.32 Å². The van der Waals surface area contributed by atoms with Gasteiger partial charge in [0.25, 0.3) is 0 Å². The van der Waals surface area contributed by atoms with E-state index >= 15 is 0 Å². The Balaban J connectivity index is 2.49. The summed E-state index contributed by atoms with van der Waals surface area (Å²) in [7, 11) is 0. The van der Waals surface area contributed by atoms with Crippen LogP contribution in [0.1, 0.15) is 34.1 Å². The summed E-state index contributed by atoms with van der Waals surface area (Å²) in [6, 6.07) is 2.29. The Kier molecular flexibility index (Phi) is 3.18. The molecule has 3 heteroatoms. The molecule has 1 heterocycles. The van der Waals surface area contributed by atoms with Gasteiger partial charge >= 0.3 is 0 Å². The van der Waals surface area contributed by atoms with Crippen molar-refractivity contribution in [3.05, 3.63) is 0 Å². The smallest absolute Gasteiger partial charge is 0.0726 e. The Hall–Kier alpha value is -0.590. The maximum Gasteiger partial charge on any atom is 0.0726 e. The Morgan fingerprint density at radius 2 is 2.29 bits per heavy atom. The maximum absolute atomic E-state index is 8.90. The summed E-state index contributed by atoms with van der Waals surface area (Å²) in [4.78, 5) is 0. The van der Waals surface area contributed by atoms with Gasteiger partial charge in [0.15, 0.2) is 0 Å². The minimum atomic E-state index is -0.300. The summed E-state index contributed by atoms with van der Waals surface area (Å²) in [6.45, 7) is 9.68. The zero-order valence-electron chi connectivity index (χ0n) is 9.55. The van der Waals surface area contributed by atoms with Crippen LogP contribution >= 0.6 is 0 Å². The second kappa shape index (κ2) is 3.88. The van der Waals surface area contributed by atoms with Crippen LogP contribution in [-0.4, -0.2) is 24.8 Å². The molecule has 1 aliphatic heterocycles. The summed E-state index contributed by atoms with van der Waals surface area (Å²) in [6.07, 6.45) is 1.26. The SMILES string of the molecule is CC1OCCC1(C)NCC(C)(C)C#N. The summed E-state index contributed by atoms with van der Waals surface area (Å²) in [5.74, 6) is 0. The van der Waals surface area contributed by atoms with Crippen LogP contribution in [0.25, 0.3) is 0 Å². The highest BCUT2D eigenvalue weighted by Gasteiger charge is 2.37. The van der Waals surface area contributed by atoms with E-state index in [9.17, 15) is 0 Å². The zero-order chi connectivity index (χ0) is 10.8. The summed E-state index contributed by atoms with van der Waals surface area (Å²) in [5, 5.41) is 12.3. The average Bonchev–Trinajstić information content (AvgIpc) is 2.45. The number of rotatable bonds is 3. The molecule has 1 aliphatic rings. The van der Waals surface area contributed by atoms with Gasteiger partial charge in [0.1, 0.15) is 0 Å². The van der Waals surface area contributed by atoms with Crippen LogP contribution in [0.15, 0.2) is 0 Å². The highest BCUT2D eigenvalue weighted by atomic mass is 16.5. The van der Waals surface area contributed by atoms with E-state index in [2.05, 4.69) is 25.2 Å². The highest BCUT2D eigenvalue weighted by Crippen LogP contribution is 2.26. The van der Waals surface area contributed by atoms with Gasteiger partial charge in [-0.05, 0) is 34.1 Å². The second-order valence-electron chi connectivity index (χ2n) is 5.03. The zero-order valence-corrected chi connectivity index (χ0v) is 9.55. The molecule has 0 radical (unpaired) electrons. The van der Waals surface area contributed by atoms with Gasteiger partial charge in [-0.2, -0.15) is 5.26 Å². The third-order valence-electron chi connectivity index (χ3n) is 3.12. The fourth-order valence-corrected chi connectivity index (χ4v) is 1.53. The van der Waals surface area contributed by atoms with Crippen LogP contribution in [0, 0.1) is 16.7 Å². The third kappa shape index (κ3) is 2.46. The predicted octanol–water partition coefficient (Wildman–Crippen LogP) is 1.69. The summed E-state index contributed by atoms with van der Waals surface area (Å²) < 4.78 is 5.52. The van der Waals surface area contributed by atoms with Crippen molar-refractivity contribution in [3.8, 4) is 6.07 Å². The molecule has 14 heavy (non-hydrogen) atoms. The van der Waals surface area contributed by atoms with Gasteiger partial charge in [0, 0.05) is 18.7 Å². The van der Waals surface area contributed by atoms with Crippen LogP contribution in [0.3, 0.4) is 0 Å². The second-order valence-corrected chi connectivity index (χ2v) is 5.03. The standard InChI is InChI=1S/C11H20N2O/c1-9-11(4,5-6-14-9)13-8-10(2,3)7-12/h9,13H,5-6,8H2,1-4H3. The number of nitrogens with one attached hydrogen (secondary N) is 1. The minimum absolute atomic E-state index is 0.0358. The molecule has 1 fully saturated rings. The number of ether oxygens (including phenoxy) is 1. The summed E-state index contributed by atoms with van der Waals surface area (Å²) in [5.41, 5.74) is -0.264. The molecule has 0 spiro atoms. The molecule has 1 rings (SSSR count). The monoisotopic (exact) mass is 196 g/mol. The first-order valence-electron chi connectivity index (χ1n) is 5.17. The van der Waals surface area contributed by atoms with Gasteiger partial charge in [0.05, 0.1) is 17.6 Å². The molecular formula is C11H20N2O. The van der Waals surface area contributed by atoms with Crippen molar-refractivity contribution in [2.24, 2.45) is 5.41 Å². The lowest BCUT2D eigenvalue weighted by atomic mass is 9.90. The van der Waals surface area contributed by atoms with E-state index in [-0.39, 0.29) is 17.1 Å². The highest BCUT2D eigenvalue weighted by molar-refractivity contribution is 4.99. The number of hydrogen-bond acceptors (Lipinski definition) is 3. The topological polar surface area (TPSA) is 45.0 Å². The predicted molar refractivity (Wildman–Crippen MR) is 55.8 cm³/mol. The molecule has 0 aromatic heterocycles. The first-order valence-corrected chi connectivity index (χ1v) is 5.17. The number of nitriles is 1. The molecule has 1 N–H and O–H groups in total. The van der Waals surface area contributed by atoms with Crippen LogP contribution in [0.2, 0.25) is 0 Å². The van der Waals surface area contributed by atoms with Gasteiger partial charge < -0.3 is 10.1 Å². The van der Waals surface area contributed by atoms with Gasteiger partial charge in [-0.25, -0.2) is 0 Å². The largest absolute Gasteiger partial charge is 0.377 e. The lowest BCUT2D eigenvalue weighted by molar-refractivity contribution is 0.0863. The fraction of sp³-hybridized carbons (Fsp3) is 0.909. The molecule has 2 atom stereocenters. The maximum atomic E-state index is 8.90. The lowest BCUT2D eigenvalue weighted by Crippen LogP contribution is -2.50. The van der Waals surface area contributed by atoms with Gasteiger partial charge in [-0.15, -0.1) is 0 Å². The number of nitrogens with zero attached hydrogens (tertiary/aromatic N) is 1. The van der Waals surface area contributed by atoms with Crippen molar-refractivity contribution in [1.82, 2.24) is 5.32 Å².